The van der Waals surface area contributed by atoms with Crippen LogP contribution in [0.5, 0.6) is 0 Å². The van der Waals surface area contributed by atoms with Crippen molar-refractivity contribution in [1.29, 1.82) is 0 Å². The number of piperidine rings is 1. The maximum atomic E-state index is 12.8. The van der Waals surface area contributed by atoms with E-state index in [4.69, 9.17) is 4.74 Å². The van der Waals surface area contributed by atoms with Crippen LogP contribution >= 0.6 is 0 Å². The van der Waals surface area contributed by atoms with Crippen molar-refractivity contribution in [2.45, 2.75) is 38.1 Å². The molecule has 0 unspecified atom stereocenters. The summed E-state index contributed by atoms with van der Waals surface area (Å²) in [5.74, 6) is 1.27. The zero-order chi connectivity index (χ0) is 16.0. The molecule has 2 aliphatic heterocycles. The van der Waals surface area contributed by atoms with Gasteiger partial charge in [0, 0.05) is 24.2 Å². The largest absolute Gasteiger partial charge is 0.371 e. The second-order valence-electron chi connectivity index (χ2n) is 7.51. The number of carbonyl (C=O) groups excluding carboxylic acids is 1. The molecule has 124 valence electrons. The van der Waals surface area contributed by atoms with Crippen LogP contribution in [0.3, 0.4) is 0 Å². The lowest BCUT2D eigenvalue weighted by molar-refractivity contribution is -0.123. The van der Waals surface area contributed by atoms with Crippen LogP contribution in [0.25, 0.3) is 0 Å². The van der Waals surface area contributed by atoms with E-state index in [-0.39, 0.29) is 12.5 Å². The Balaban J connectivity index is 1.56. The summed E-state index contributed by atoms with van der Waals surface area (Å²) in [7, 11) is 2.18. The van der Waals surface area contributed by atoms with Crippen LogP contribution in [0.2, 0.25) is 0 Å². The van der Waals surface area contributed by atoms with Crippen molar-refractivity contribution >= 4 is 11.6 Å². The minimum Gasteiger partial charge on any atom is -0.371 e. The number of benzene rings is 1. The van der Waals surface area contributed by atoms with Crippen molar-refractivity contribution in [2.24, 2.45) is 5.92 Å². The van der Waals surface area contributed by atoms with E-state index in [9.17, 15) is 4.79 Å². The van der Waals surface area contributed by atoms with E-state index in [2.05, 4.69) is 37.1 Å². The van der Waals surface area contributed by atoms with Gasteiger partial charge in [-0.2, -0.15) is 0 Å². The first kappa shape index (κ1) is 15.2. The number of ether oxygens (including phenoxy) is 1. The van der Waals surface area contributed by atoms with Crippen LogP contribution in [0.1, 0.15) is 36.3 Å². The summed E-state index contributed by atoms with van der Waals surface area (Å²) in [6, 6.07) is 6.82. The number of anilines is 1. The van der Waals surface area contributed by atoms with Crippen LogP contribution in [-0.2, 0) is 9.53 Å². The van der Waals surface area contributed by atoms with Gasteiger partial charge in [0.25, 0.3) is 5.91 Å². The third kappa shape index (κ3) is 2.90. The van der Waals surface area contributed by atoms with Crippen LogP contribution < -0.4 is 4.90 Å². The Morgan fingerprint density at radius 2 is 2.13 bits per heavy atom. The molecule has 1 aliphatic carbocycles. The molecule has 2 heterocycles. The summed E-state index contributed by atoms with van der Waals surface area (Å²) in [5.41, 5.74) is 3.73. The van der Waals surface area contributed by atoms with Gasteiger partial charge in [-0.1, -0.05) is 17.7 Å². The van der Waals surface area contributed by atoms with Gasteiger partial charge in [-0.25, -0.2) is 0 Å². The fourth-order valence-electron chi connectivity index (χ4n) is 4.07. The first-order valence-corrected chi connectivity index (χ1v) is 8.82. The Morgan fingerprint density at radius 3 is 2.91 bits per heavy atom. The van der Waals surface area contributed by atoms with Gasteiger partial charge in [-0.05, 0) is 57.3 Å². The number of nitrogens with zero attached hydrogens (tertiary/aromatic N) is 2. The summed E-state index contributed by atoms with van der Waals surface area (Å²) in [6.45, 7) is 5.19. The molecule has 0 bridgehead atoms. The first-order valence-electron chi connectivity index (χ1n) is 8.82. The molecule has 0 radical (unpaired) electrons. The number of likely N-dealkylation sites (tertiary alicyclic amines) is 1. The Hall–Kier alpha value is -1.39. The second kappa shape index (κ2) is 5.91. The Bertz CT molecular complexity index is 611. The van der Waals surface area contributed by atoms with Gasteiger partial charge >= 0.3 is 0 Å². The molecule has 2 atom stereocenters. The zero-order valence-electron chi connectivity index (χ0n) is 14.1. The molecule has 2 fully saturated rings. The summed E-state index contributed by atoms with van der Waals surface area (Å²) in [4.78, 5) is 17.2. The fraction of sp³-hybridized carbons (Fsp3) is 0.632. The van der Waals surface area contributed by atoms with Crippen LogP contribution in [-0.4, -0.2) is 50.2 Å². The number of hydrogen-bond donors (Lipinski definition) is 0. The van der Waals surface area contributed by atoms with Gasteiger partial charge in [0.1, 0.15) is 6.61 Å². The molecule has 4 nitrogen and oxygen atoms in total. The van der Waals surface area contributed by atoms with Crippen molar-refractivity contribution in [1.82, 2.24) is 4.90 Å². The monoisotopic (exact) mass is 314 g/mol. The Labute approximate surface area is 138 Å². The van der Waals surface area contributed by atoms with E-state index in [1.54, 1.807) is 0 Å². The molecule has 23 heavy (non-hydrogen) atoms. The topological polar surface area (TPSA) is 32.8 Å². The Kier molecular flexibility index (Phi) is 3.90. The smallest absolute Gasteiger partial charge is 0.253 e. The van der Waals surface area contributed by atoms with E-state index in [0.29, 0.717) is 17.9 Å². The van der Waals surface area contributed by atoms with Crippen molar-refractivity contribution in [3.8, 4) is 0 Å². The van der Waals surface area contributed by atoms with E-state index in [1.807, 2.05) is 4.90 Å². The predicted octanol–water partition coefficient (Wildman–Crippen LogP) is 2.56. The lowest BCUT2D eigenvalue weighted by Crippen LogP contribution is -2.48. The van der Waals surface area contributed by atoms with E-state index < -0.39 is 0 Å². The molecule has 1 aromatic carbocycles. The summed E-state index contributed by atoms with van der Waals surface area (Å²) in [5, 5.41) is 0. The fourth-order valence-corrected chi connectivity index (χ4v) is 4.07. The average Bonchev–Trinajstić information content (AvgIpc) is 3.29. The van der Waals surface area contributed by atoms with E-state index in [1.165, 1.54) is 24.0 Å². The van der Waals surface area contributed by atoms with Crippen LogP contribution in [0, 0.1) is 12.8 Å². The molecule has 0 N–H and O–H groups in total. The normalized spacial score (nSPS) is 27.0. The van der Waals surface area contributed by atoms with Gasteiger partial charge in [0.2, 0.25) is 0 Å². The molecule has 4 heteroatoms. The van der Waals surface area contributed by atoms with Gasteiger partial charge < -0.3 is 14.5 Å². The number of amides is 1. The Morgan fingerprint density at radius 1 is 1.30 bits per heavy atom. The number of likely N-dealkylation sites (N-methyl/N-ethyl adjacent to an activating group) is 1. The lowest BCUT2D eigenvalue weighted by Gasteiger charge is -2.36. The summed E-state index contributed by atoms with van der Waals surface area (Å²) in [6.07, 6.45) is 3.57. The van der Waals surface area contributed by atoms with Gasteiger partial charge in [-0.15, -0.1) is 0 Å². The summed E-state index contributed by atoms with van der Waals surface area (Å²) < 4.78 is 5.67. The van der Waals surface area contributed by atoms with Crippen LogP contribution in [0.15, 0.2) is 18.2 Å². The predicted molar refractivity (Wildman–Crippen MR) is 90.9 cm³/mol. The highest BCUT2D eigenvalue weighted by atomic mass is 16.5. The standard InChI is InChI=1S/C19H26N2O2/c1-13-3-6-17-15(9-13)16-10-20(2)8-7-18(16)21(17)19(22)12-23-11-14-4-5-14/h3,6,9,14,16,18H,4-5,7-8,10-12H2,1-2H3/t16-,18-/m1/s1. The van der Waals surface area contributed by atoms with E-state index in [0.717, 1.165) is 31.8 Å². The van der Waals surface area contributed by atoms with Crippen molar-refractivity contribution in [3.63, 3.8) is 0 Å². The molecule has 1 saturated heterocycles. The highest BCUT2D eigenvalue weighted by molar-refractivity contribution is 5.97. The molecule has 4 rings (SSSR count). The highest BCUT2D eigenvalue weighted by Crippen LogP contribution is 2.44. The van der Waals surface area contributed by atoms with Crippen molar-refractivity contribution in [3.05, 3.63) is 29.3 Å². The lowest BCUT2D eigenvalue weighted by atomic mass is 9.89. The molecule has 0 aromatic heterocycles. The maximum absolute atomic E-state index is 12.8. The molecule has 1 amide bonds. The zero-order valence-corrected chi connectivity index (χ0v) is 14.1. The number of fused-ring (bicyclic) bond motifs is 3. The molecule has 1 aromatic rings. The third-order valence-electron chi connectivity index (χ3n) is 5.50. The minimum atomic E-state index is 0.132. The van der Waals surface area contributed by atoms with Gasteiger partial charge in [0.15, 0.2) is 0 Å². The molecular formula is C19H26N2O2. The number of rotatable bonds is 4. The number of aryl methyl sites for hydroxylation is 1. The number of carbonyl (C=O) groups is 1. The van der Waals surface area contributed by atoms with Crippen molar-refractivity contribution in [2.75, 3.05) is 38.3 Å². The second-order valence-corrected chi connectivity index (χ2v) is 7.51. The van der Waals surface area contributed by atoms with Crippen molar-refractivity contribution < 1.29 is 9.53 Å². The SMILES string of the molecule is Cc1ccc2c(c1)[C@H]1CN(C)CC[C@H]1N2C(=O)COCC1CC1. The van der Waals surface area contributed by atoms with E-state index >= 15 is 0 Å². The highest BCUT2D eigenvalue weighted by Gasteiger charge is 2.43. The van der Waals surface area contributed by atoms with Crippen LogP contribution in [0.4, 0.5) is 5.69 Å². The van der Waals surface area contributed by atoms with Gasteiger partial charge in [-0.3, -0.25) is 4.79 Å². The first-order chi connectivity index (χ1) is 11.1. The molecule has 1 saturated carbocycles. The summed E-state index contributed by atoms with van der Waals surface area (Å²) >= 11 is 0. The maximum Gasteiger partial charge on any atom is 0.253 e. The third-order valence-corrected chi connectivity index (χ3v) is 5.50. The molecule has 0 spiro atoms. The van der Waals surface area contributed by atoms with Gasteiger partial charge in [0.05, 0.1) is 6.61 Å². The minimum absolute atomic E-state index is 0.132. The number of hydrogen-bond acceptors (Lipinski definition) is 3. The average molecular weight is 314 g/mol. The quantitative estimate of drug-likeness (QED) is 0.856. The molecular weight excluding hydrogens is 288 g/mol. The molecule has 3 aliphatic rings.